The molecule has 2 fully saturated rings. The molecule has 2 rings (SSSR count). The van der Waals surface area contributed by atoms with Crippen LogP contribution >= 0.6 is 0 Å². The molecule has 110 valence electrons. The van der Waals surface area contributed by atoms with Crippen LogP contribution in [0.15, 0.2) is 0 Å². The molecule has 2 atom stereocenters. The van der Waals surface area contributed by atoms with Gasteiger partial charge >= 0.3 is 0 Å². The summed E-state index contributed by atoms with van der Waals surface area (Å²) in [5.41, 5.74) is 0. The van der Waals surface area contributed by atoms with E-state index in [1.165, 1.54) is 19.3 Å². The molecular formula is C15H28N2O2. The van der Waals surface area contributed by atoms with Gasteiger partial charge in [-0.05, 0) is 26.2 Å². The van der Waals surface area contributed by atoms with Crippen LogP contribution in [0.5, 0.6) is 0 Å². The van der Waals surface area contributed by atoms with E-state index in [1.54, 1.807) is 0 Å². The van der Waals surface area contributed by atoms with Crippen LogP contribution < -0.4 is 5.32 Å². The fourth-order valence-electron chi connectivity index (χ4n) is 3.10. The average Bonchev–Trinajstić information content (AvgIpc) is 2.45. The molecule has 1 N–H and O–H groups in total. The van der Waals surface area contributed by atoms with Crippen molar-refractivity contribution in [2.45, 2.75) is 70.6 Å². The minimum absolute atomic E-state index is 0.196. The fraction of sp³-hybridized carbons (Fsp3) is 0.933. The Bertz CT molecular complexity index is 290. The number of carbonyl (C=O) groups excluding carboxylic acids is 1. The molecule has 19 heavy (non-hydrogen) atoms. The highest BCUT2D eigenvalue weighted by atomic mass is 16.5. The van der Waals surface area contributed by atoms with Crippen LogP contribution in [0.1, 0.15) is 52.4 Å². The molecule has 4 heteroatoms. The van der Waals surface area contributed by atoms with Gasteiger partial charge in [0, 0.05) is 25.7 Å². The van der Waals surface area contributed by atoms with Crippen LogP contribution in [0.4, 0.5) is 0 Å². The number of hydrogen-bond acceptors (Lipinski definition) is 3. The van der Waals surface area contributed by atoms with Crippen LogP contribution in [0.2, 0.25) is 0 Å². The number of ether oxygens (including phenoxy) is 1. The lowest BCUT2D eigenvalue weighted by atomic mass is 9.97. The van der Waals surface area contributed by atoms with Gasteiger partial charge in [-0.25, -0.2) is 0 Å². The molecule has 1 amide bonds. The minimum atomic E-state index is -0.228. The number of piperazine rings is 1. The topological polar surface area (TPSA) is 41.6 Å². The van der Waals surface area contributed by atoms with Crippen molar-refractivity contribution in [3.05, 3.63) is 0 Å². The lowest BCUT2D eigenvalue weighted by molar-refractivity contribution is -0.150. The van der Waals surface area contributed by atoms with E-state index in [1.807, 2.05) is 4.90 Å². The van der Waals surface area contributed by atoms with Gasteiger partial charge < -0.3 is 15.0 Å². The highest BCUT2D eigenvalue weighted by Crippen LogP contribution is 2.23. The zero-order chi connectivity index (χ0) is 13.7. The van der Waals surface area contributed by atoms with Gasteiger partial charge in [-0.2, -0.15) is 0 Å². The molecule has 1 aliphatic heterocycles. The van der Waals surface area contributed by atoms with E-state index in [9.17, 15) is 4.79 Å². The zero-order valence-electron chi connectivity index (χ0n) is 12.4. The maximum absolute atomic E-state index is 12.5. The molecule has 1 saturated carbocycles. The summed E-state index contributed by atoms with van der Waals surface area (Å²) in [4.78, 5) is 14.5. The summed E-state index contributed by atoms with van der Waals surface area (Å²) in [5.74, 6) is 0.196. The quantitative estimate of drug-likeness (QED) is 0.847. The highest BCUT2D eigenvalue weighted by molar-refractivity contribution is 5.81. The molecule has 2 aliphatic rings. The molecule has 0 spiro atoms. The third kappa shape index (κ3) is 4.18. The highest BCUT2D eigenvalue weighted by Gasteiger charge is 2.29. The van der Waals surface area contributed by atoms with Gasteiger partial charge in [0.05, 0.1) is 6.10 Å². The van der Waals surface area contributed by atoms with Crippen LogP contribution in [-0.2, 0) is 9.53 Å². The number of nitrogens with zero attached hydrogens (tertiary/aromatic N) is 1. The Kier molecular flexibility index (Phi) is 5.64. The second-order valence-electron chi connectivity index (χ2n) is 5.93. The summed E-state index contributed by atoms with van der Waals surface area (Å²) >= 11 is 0. The van der Waals surface area contributed by atoms with Gasteiger partial charge in [0.25, 0.3) is 5.91 Å². The van der Waals surface area contributed by atoms with E-state index in [0.29, 0.717) is 12.1 Å². The van der Waals surface area contributed by atoms with E-state index < -0.39 is 0 Å². The molecule has 4 nitrogen and oxygen atoms in total. The SMILES string of the molecule is CCC(OC1CCCCC1)C(=O)N1CCNC(C)C1. The summed E-state index contributed by atoms with van der Waals surface area (Å²) in [6.07, 6.45) is 6.94. The number of hydrogen-bond donors (Lipinski definition) is 1. The summed E-state index contributed by atoms with van der Waals surface area (Å²) in [6.45, 7) is 6.70. The number of amides is 1. The summed E-state index contributed by atoms with van der Waals surface area (Å²) in [5, 5.41) is 3.37. The third-order valence-electron chi connectivity index (χ3n) is 4.24. The van der Waals surface area contributed by atoms with E-state index in [-0.39, 0.29) is 12.0 Å². The van der Waals surface area contributed by atoms with E-state index >= 15 is 0 Å². The Balaban J connectivity index is 1.86. The van der Waals surface area contributed by atoms with E-state index in [0.717, 1.165) is 38.9 Å². The first kappa shape index (κ1) is 14.8. The first-order valence-electron chi connectivity index (χ1n) is 7.88. The Morgan fingerprint density at radius 1 is 1.37 bits per heavy atom. The molecule has 0 aromatic heterocycles. The standard InChI is InChI=1S/C15H28N2O2/c1-3-14(19-13-7-5-4-6-8-13)15(18)17-10-9-16-12(2)11-17/h12-14,16H,3-11H2,1-2H3. The van der Waals surface area contributed by atoms with Crippen molar-refractivity contribution < 1.29 is 9.53 Å². The minimum Gasteiger partial charge on any atom is -0.365 e. The maximum Gasteiger partial charge on any atom is 0.251 e. The number of nitrogens with one attached hydrogen (secondary N) is 1. The fourth-order valence-corrected chi connectivity index (χ4v) is 3.10. The molecule has 1 saturated heterocycles. The summed E-state index contributed by atoms with van der Waals surface area (Å²) < 4.78 is 6.08. The van der Waals surface area contributed by atoms with Crippen LogP contribution in [-0.4, -0.2) is 48.7 Å². The normalized spacial score (nSPS) is 27.3. The smallest absolute Gasteiger partial charge is 0.251 e. The summed E-state index contributed by atoms with van der Waals surface area (Å²) in [7, 11) is 0. The summed E-state index contributed by atoms with van der Waals surface area (Å²) in [6, 6.07) is 0.393. The molecule has 0 aromatic rings. The van der Waals surface area contributed by atoms with Crippen molar-refractivity contribution in [2.75, 3.05) is 19.6 Å². The molecule has 0 aromatic carbocycles. The van der Waals surface area contributed by atoms with Gasteiger partial charge in [0.1, 0.15) is 6.10 Å². The first-order valence-corrected chi connectivity index (χ1v) is 7.88. The van der Waals surface area contributed by atoms with E-state index in [2.05, 4.69) is 19.2 Å². The van der Waals surface area contributed by atoms with Crippen molar-refractivity contribution in [3.8, 4) is 0 Å². The van der Waals surface area contributed by atoms with Crippen LogP contribution in [0, 0.1) is 0 Å². The Hall–Kier alpha value is -0.610. The predicted octanol–water partition coefficient (Wildman–Crippen LogP) is 1.93. The van der Waals surface area contributed by atoms with Gasteiger partial charge in [-0.3, -0.25) is 4.79 Å². The largest absolute Gasteiger partial charge is 0.365 e. The molecule has 1 heterocycles. The van der Waals surface area contributed by atoms with Crippen molar-refractivity contribution in [2.24, 2.45) is 0 Å². The molecular weight excluding hydrogens is 240 g/mol. The molecule has 2 unspecified atom stereocenters. The van der Waals surface area contributed by atoms with Gasteiger partial charge in [-0.15, -0.1) is 0 Å². The Morgan fingerprint density at radius 3 is 2.74 bits per heavy atom. The van der Waals surface area contributed by atoms with Crippen molar-refractivity contribution in [1.29, 1.82) is 0 Å². The molecule has 0 bridgehead atoms. The van der Waals surface area contributed by atoms with Crippen molar-refractivity contribution in [3.63, 3.8) is 0 Å². The monoisotopic (exact) mass is 268 g/mol. The molecule has 1 aliphatic carbocycles. The Morgan fingerprint density at radius 2 is 2.11 bits per heavy atom. The van der Waals surface area contributed by atoms with E-state index in [4.69, 9.17) is 4.74 Å². The van der Waals surface area contributed by atoms with Gasteiger partial charge in [-0.1, -0.05) is 26.2 Å². The van der Waals surface area contributed by atoms with Gasteiger partial charge in [0.2, 0.25) is 0 Å². The lowest BCUT2D eigenvalue weighted by Crippen LogP contribution is -2.54. The Labute approximate surface area is 116 Å². The second-order valence-corrected chi connectivity index (χ2v) is 5.93. The predicted molar refractivity (Wildman–Crippen MR) is 76.1 cm³/mol. The van der Waals surface area contributed by atoms with Crippen LogP contribution in [0.3, 0.4) is 0 Å². The van der Waals surface area contributed by atoms with Crippen molar-refractivity contribution >= 4 is 5.91 Å². The van der Waals surface area contributed by atoms with Crippen molar-refractivity contribution in [1.82, 2.24) is 10.2 Å². The lowest BCUT2D eigenvalue weighted by Gasteiger charge is -2.35. The third-order valence-corrected chi connectivity index (χ3v) is 4.24. The second kappa shape index (κ2) is 7.25. The first-order chi connectivity index (χ1) is 9.20. The van der Waals surface area contributed by atoms with Crippen LogP contribution in [0.25, 0.3) is 0 Å². The molecule has 0 radical (unpaired) electrons. The average molecular weight is 268 g/mol. The maximum atomic E-state index is 12.5. The number of carbonyl (C=O) groups is 1. The number of rotatable bonds is 4. The zero-order valence-corrected chi connectivity index (χ0v) is 12.4. The van der Waals surface area contributed by atoms with Gasteiger partial charge in [0.15, 0.2) is 0 Å².